The zero-order chi connectivity index (χ0) is 14.0. The first-order valence-corrected chi connectivity index (χ1v) is 7.40. The van der Waals surface area contributed by atoms with Gasteiger partial charge in [-0.25, -0.2) is 13.1 Å². The molecular formula is C8H15BrN4O4S. The van der Waals surface area contributed by atoms with Crippen molar-refractivity contribution in [3.63, 3.8) is 0 Å². The first-order valence-electron chi connectivity index (χ1n) is 5.13. The van der Waals surface area contributed by atoms with Crippen LogP contribution in [-0.4, -0.2) is 52.4 Å². The van der Waals surface area contributed by atoms with Gasteiger partial charge >= 0.3 is 0 Å². The van der Waals surface area contributed by atoms with E-state index in [0.29, 0.717) is 0 Å². The first-order chi connectivity index (χ1) is 8.32. The third-order valence-electron chi connectivity index (χ3n) is 2.62. The Balaban J connectivity index is 3.17. The quantitative estimate of drug-likeness (QED) is 0.609. The van der Waals surface area contributed by atoms with Gasteiger partial charge in [0.15, 0.2) is 4.60 Å². The van der Waals surface area contributed by atoms with Gasteiger partial charge in [0.25, 0.3) is 10.0 Å². The van der Waals surface area contributed by atoms with E-state index < -0.39 is 28.8 Å². The molecule has 0 aliphatic carbocycles. The Kier molecular flexibility index (Phi) is 4.84. The third kappa shape index (κ3) is 2.88. The van der Waals surface area contributed by atoms with E-state index in [-0.39, 0.29) is 16.0 Å². The van der Waals surface area contributed by atoms with Gasteiger partial charge in [0, 0.05) is 7.05 Å². The molecule has 0 atom stereocenters. The van der Waals surface area contributed by atoms with Gasteiger partial charge in [0.1, 0.15) is 0 Å². The van der Waals surface area contributed by atoms with E-state index in [2.05, 4.69) is 31.0 Å². The molecule has 10 heteroatoms. The number of aromatic nitrogens is 3. The second-order valence-electron chi connectivity index (χ2n) is 3.86. The van der Waals surface area contributed by atoms with Crippen LogP contribution in [0.5, 0.6) is 0 Å². The van der Waals surface area contributed by atoms with Crippen LogP contribution in [0.4, 0.5) is 0 Å². The summed E-state index contributed by atoms with van der Waals surface area (Å²) in [7, 11) is -2.52. The molecule has 0 amide bonds. The Labute approximate surface area is 113 Å². The minimum absolute atomic E-state index is 0.0679. The van der Waals surface area contributed by atoms with Gasteiger partial charge in [-0.05, 0) is 22.4 Å². The molecule has 1 aromatic heterocycles. The fourth-order valence-corrected chi connectivity index (χ4v) is 3.91. The molecule has 0 aliphatic rings. The average Bonchev–Trinajstić information content (AvgIpc) is 2.67. The smallest absolute Gasteiger partial charge is 0.261 e. The Morgan fingerprint density at radius 2 is 2.00 bits per heavy atom. The summed E-state index contributed by atoms with van der Waals surface area (Å²) in [5.74, 6) is 0. The van der Waals surface area contributed by atoms with Crippen molar-refractivity contribution in [3.05, 3.63) is 4.60 Å². The molecule has 104 valence electrons. The first kappa shape index (κ1) is 15.5. The molecule has 8 nitrogen and oxygen atoms in total. The van der Waals surface area contributed by atoms with Crippen LogP contribution in [0.2, 0.25) is 0 Å². The molecule has 0 aliphatic heterocycles. The topological polar surface area (TPSA) is 117 Å². The number of aliphatic hydroxyl groups excluding tert-OH is 2. The summed E-state index contributed by atoms with van der Waals surface area (Å²) in [4.78, 5) is 0. The predicted molar refractivity (Wildman–Crippen MR) is 66.2 cm³/mol. The number of aliphatic hydroxyl groups is 2. The van der Waals surface area contributed by atoms with Crippen LogP contribution in [0, 0.1) is 0 Å². The molecule has 0 bridgehead atoms. The van der Waals surface area contributed by atoms with E-state index in [1.165, 1.54) is 7.05 Å². The minimum Gasteiger partial charge on any atom is -0.394 e. The van der Waals surface area contributed by atoms with E-state index in [1.54, 1.807) is 6.92 Å². The summed E-state index contributed by atoms with van der Waals surface area (Å²) >= 11 is 2.99. The second-order valence-corrected chi connectivity index (χ2v) is 6.21. The van der Waals surface area contributed by atoms with Crippen LogP contribution in [0.15, 0.2) is 9.63 Å². The largest absolute Gasteiger partial charge is 0.394 e. The van der Waals surface area contributed by atoms with Crippen molar-refractivity contribution in [3.8, 4) is 0 Å². The number of rotatable bonds is 6. The second kappa shape index (κ2) is 5.61. The molecular weight excluding hydrogens is 328 g/mol. The lowest BCUT2D eigenvalue weighted by molar-refractivity contribution is 0.105. The fraction of sp³-hybridized carbons (Fsp3) is 0.750. The molecule has 1 heterocycles. The highest BCUT2D eigenvalue weighted by Crippen LogP contribution is 2.20. The number of halogens is 1. The van der Waals surface area contributed by atoms with Crippen LogP contribution >= 0.6 is 15.9 Å². The van der Waals surface area contributed by atoms with Crippen molar-refractivity contribution in [2.45, 2.75) is 23.9 Å². The maximum Gasteiger partial charge on any atom is 0.261 e. The molecule has 0 fully saturated rings. The fourth-order valence-electron chi connectivity index (χ4n) is 1.35. The number of hydrogen-bond acceptors (Lipinski definition) is 6. The Morgan fingerprint density at radius 3 is 2.33 bits per heavy atom. The summed E-state index contributed by atoms with van der Waals surface area (Å²) in [6.45, 7) is 0.635. The predicted octanol–water partition coefficient (Wildman–Crippen LogP) is -1.01. The van der Waals surface area contributed by atoms with Gasteiger partial charge in [-0.2, -0.15) is 4.72 Å². The molecule has 0 unspecified atom stereocenters. The lowest BCUT2D eigenvalue weighted by Crippen LogP contribution is -2.53. The zero-order valence-corrected chi connectivity index (χ0v) is 12.4. The van der Waals surface area contributed by atoms with E-state index in [1.807, 2.05) is 0 Å². The minimum atomic E-state index is -3.95. The average molecular weight is 343 g/mol. The van der Waals surface area contributed by atoms with E-state index in [4.69, 9.17) is 0 Å². The lowest BCUT2D eigenvalue weighted by Gasteiger charge is -2.29. The van der Waals surface area contributed by atoms with Gasteiger partial charge in [-0.1, -0.05) is 12.1 Å². The Bertz CT molecular complexity index is 483. The standard InChI is InChI=1S/C8H15BrN4O4S/c1-3-8(4-14,5-15)11-18(16,17)7-6(9)10-12-13(7)2/h11,14-15H,3-5H2,1-2H3. The summed E-state index contributed by atoms with van der Waals surface area (Å²) in [6, 6.07) is 0. The van der Waals surface area contributed by atoms with E-state index >= 15 is 0 Å². The Hall–Kier alpha value is -0.550. The molecule has 18 heavy (non-hydrogen) atoms. The van der Waals surface area contributed by atoms with Crippen LogP contribution in [0.25, 0.3) is 0 Å². The van der Waals surface area contributed by atoms with Crippen LogP contribution < -0.4 is 4.72 Å². The number of nitrogens with zero attached hydrogens (tertiary/aromatic N) is 3. The molecule has 0 aromatic carbocycles. The van der Waals surface area contributed by atoms with Gasteiger partial charge in [-0.15, -0.1) is 5.10 Å². The molecule has 0 radical (unpaired) electrons. The van der Waals surface area contributed by atoms with Crippen LogP contribution in [-0.2, 0) is 17.1 Å². The van der Waals surface area contributed by atoms with Crippen LogP contribution in [0.3, 0.4) is 0 Å². The van der Waals surface area contributed by atoms with Crippen molar-refractivity contribution < 1.29 is 18.6 Å². The highest BCUT2D eigenvalue weighted by molar-refractivity contribution is 9.10. The Morgan fingerprint density at radius 1 is 1.44 bits per heavy atom. The number of aryl methyl sites for hydroxylation is 1. The maximum absolute atomic E-state index is 12.2. The normalized spacial score (nSPS) is 12.9. The highest BCUT2D eigenvalue weighted by Gasteiger charge is 2.35. The summed E-state index contributed by atoms with van der Waals surface area (Å²) < 4.78 is 27.8. The number of sulfonamides is 1. The van der Waals surface area contributed by atoms with Crippen LogP contribution in [0.1, 0.15) is 13.3 Å². The van der Waals surface area contributed by atoms with Gasteiger partial charge < -0.3 is 10.2 Å². The highest BCUT2D eigenvalue weighted by atomic mass is 79.9. The molecule has 0 saturated carbocycles. The monoisotopic (exact) mass is 342 g/mol. The van der Waals surface area contributed by atoms with Crippen molar-refractivity contribution in [1.29, 1.82) is 0 Å². The summed E-state index contributed by atoms with van der Waals surface area (Å²) in [5.41, 5.74) is -1.30. The molecule has 1 aromatic rings. The lowest BCUT2D eigenvalue weighted by atomic mass is 10.0. The molecule has 3 N–H and O–H groups in total. The number of hydrogen-bond donors (Lipinski definition) is 3. The van der Waals surface area contributed by atoms with Crippen molar-refractivity contribution in [2.75, 3.05) is 13.2 Å². The molecule has 0 spiro atoms. The molecule has 0 saturated heterocycles. The number of nitrogens with one attached hydrogen (secondary N) is 1. The SMILES string of the molecule is CCC(CO)(CO)NS(=O)(=O)c1c(Br)nnn1C. The van der Waals surface area contributed by atoms with Gasteiger partial charge in [0.2, 0.25) is 5.03 Å². The molecule has 1 rings (SSSR count). The maximum atomic E-state index is 12.2. The van der Waals surface area contributed by atoms with Crippen molar-refractivity contribution >= 4 is 26.0 Å². The van der Waals surface area contributed by atoms with Crippen molar-refractivity contribution in [1.82, 2.24) is 19.7 Å². The van der Waals surface area contributed by atoms with Gasteiger partial charge in [0.05, 0.1) is 18.8 Å². The van der Waals surface area contributed by atoms with E-state index in [9.17, 15) is 18.6 Å². The summed E-state index contributed by atoms with van der Waals surface area (Å²) in [6.07, 6.45) is 0.238. The van der Waals surface area contributed by atoms with Crippen molar-refractivity contribution in [2.24, 2.45) is 7.05 Å². The third-order valence-corrected chi connectivity index (χ3v) is 5.09. The van der Waals surface area contributed by atoms with Gasteiger partial charge in [-0.3, -0.25) is 0 Å². The zero-order valence-electron chi connectivity index (χ0n) is 9.96. The van der Waals surface area contributed by atoms with E-state index in [0.717, 1.165) is 4.68 Å². The summed E-state index contributed by atoms with van der Waals surface area (Å²) in [5, 5.41) is 25.5.